The maximum absolute atomic E-state index is 12.6. The van der Waals surface area contributed by atoms with Crippen LogP contribution in [0, 0.1) is 5.41 Å². The second-order valence-corrected chi connectivity index (χ2v) is 7.73. The van der Waals surface area contributed by atoms with E-state index in [1.165, 1.54) is 0 Å². The molecule has 1 fully saturated rings. The van der Waals surface area contributed by atoms with Gasteiger partial charge in [-0.05, 0) is 17.7 Å². The van der Waals surface area contributed by atoms with Gasteiger partial charge >= 0.3 is 0 Å². The van der Waals surface area contributed by atoms with Gasteiger partial charge in [-0.2, -0.15) is 5.10 Å². The van der Waals surface area contributed by atoms with Crippen LogP contribution >= 0.6 is 0 Å². The van der Waals surface area contributed by atoms with Gasteiger partial charge in [0.25, 0.3) is 0 Å². The van der Waals surface area contributed by atoms with Crippen molar-refractivity contribution in [1.82, 2.24) is 19.6 Å². The second-order valence-electron chi connectivity index (χ2n) is 7.73. The molecule has 26 heavy (non-hydrogen) atoms. The lowest BCUT2D eigenvalue weighted by Gasteiger charge is -2.37. The van der Waals surface area contributed by atoms with Crippen molar-refractivity contribution in [2.75, 3.05) is 26.2 Å². The van der Waals surface area contributed by atoms with Crippen molar-refractivity contribution in [3.63, 3.8) is 0 Å². The Kier molecular flexibility index (Phi) is 5.11. The first kappa shape index (κ1) is 18.2. The number of hydrogen-bond acceptors (Lipinski definition) is 3. The molecule has 1 aliphatic rings. The van der Waals surface area contributed by atoms with Crippen molar-refractivity contribution in [1.29, 1.82) is 0 Å². The number of piperazine rings is 1. The first-order valence-electron chi connectivity index (χ1n) is 9.01. The zero-order chi connectivity index (χ0) is 18.7. The molecule has 1 saturated heterocycles. The number of amides is 2. The summed E-state index contributed by atoms with van der Waals surface area (Å²) in [7, 11) is 0. The van der Waals surface area contributed by atoms with Gasteiger partial charge in [0.1, 0.15) is 0 Å². The molecule has 0 radical (unpaired) electrons. The van der Waals surface area contributed by atoms with Crippen LogP contribution in [-0.4, -0.2) is 57.6 Å². The maximum Gasteiger partial charge on any atom is 0.228 e. The molecule has 6 heteroatoms. The second kappa shape index (κ2) is 7.32. The Bertz CT molecular complexity index is 769. The first-order valence-corrected chi connectivity index (χ1v) is 9.01. The van der Waals surface area contributed by atoms with Crippen molar-refractivity contribution in [3.8, 4) is 5.69 Å². The molecule has 0 N–H and O–H groups in total. The molecular formula is C20H26N4O2. The van der Waals surface area contributed by atoms with E-state index in [1.54, 1.807) is 10.9 Å². The van der Waals surface area contributed by atoms with Crippen molar-refractivity contribution < 1.29 is 9.59 Å². The fourth-order valence-corrected chi connectivity index (χ4v) is 3.09. The Morgan fingerprint density at radius 2 is 1.62 bits per heavy atom. The predicted molar refractivity (Wildman–Crippen MR) is 99.9 cm³/mol. The SMILES string of the molecule is CC(C)(C)C(=O)N1CCN(C(=O)Cc2cnn(-c3ccccc3)c2)CC1. The highest BCUT2D eigenvalue weighted by Gasteiger charge is 2.30. The standard InChI is InChI=1S/C20H26N4O2/c1-20(2,3)19(26)23-11-9-22(10-12-23)18(25)13-16-14-21-24(15-16)17-7-5-4-6-8-17/h4-8,14-15H,9-13H2,1-3H3. The summed E-state index contributed by atoms with van der Waals surface area (Å²) in [5.41, 5.74) is 1.49. The summed E-state index contributed by atoms with van der Waals surface area (Å²) in [5.74, 6) is 0.231. The summed E-state index contributed by atoms with van der Waals surface area (Å²) < 4.78 is 1.78. The molecule has 0 unspecified atom stereocenters. The van der Waals surface area contributed by atoms with Crippen molar-refractivity contribution in [2.24, 2.45) is 5.41 Å². The van der Waals surface area contributed by atoms with Crippen molar-refractivity contribution in [2.45, 2.75) is 27.2 Å². The summed E-state index contributed by atoms with van der Waals surface area (Å²) in [4.78, 5) is 28.6. The van der Waals surface area contributed by atoms with Gasteiger partial charge in [-0.3, -0.25) is 9.59 Å². The normalized spacial score (nSPS) is 15.2. The van der Waals surface area contributed by atoms with Crippen LogP contribution in [0.1, 0.15) is 26.3 Å². The van der Waals surface area contributed by atoms with Crippen LogP contribution in [0.5, 0.6) is 0 Å². The van der Waals surface area contributed by atoms with Gasteiger partial charge in [0.2, 0.25) is 11.8 Å². The van der Waals surface area contributed by atoms with Crippen LogP contribution in [0.4, 0.5) is 0 Å². The van der Waals surface area contributed by atoms with Crippen LogP contribution in [0.3, 0.4) is 0 Å². The van der Waals surface area contributed by atoms with Gasteiger partial charge in [-0.1, -0.05) is 39.0 Å². The number of carbonyl (C=O) groups excluding carboxylic acids is 2. The van der Waals surface area contributed by atoms with Crippen molar-refractivity contribution >= 4 is 11.8 Å². The van der Waals surface area contributed by atoms with E-state index < -0.39 is 0 Å². The van der Waals surface area contributed by atoms with E-state index in [2.05, 4.69) is 5.10 Å². The number of nitrogens with zero attached hydrogens (tertiary/aromatic N) is 4. The van der Waals surface area contributed by atoms with Crippen LogP contribution in [-0.2, 0) is 16.0 Å². The molecule has 0 aliphatic carbocycles. The average Bonchev–Trinajstić information content (AvgIpc) is 3.09. The Morgan fingerprint density at radius 3 is 2.23 bits per heavy atom. The fraction of sp³-hybridized carbons (Fsp3) is 0.450. The minimum Gasteiger partial charge on any atom is -0.339 e. The number of rotatable bonds is 3. The van der Waals surface area contributed by atoms with E-state index >= 15 is 0 Å². The Balaban J connectivity index is 1.55. The summed E-state index contributed by atoms with van der Waals surface area (Å²) in [6.45, 7) is 8.17. The number of carbonyl (C=O) groups is 2. The summed E-state index contributed by atoms with van der Waals surface area (Å²) in [5, 5.41) is 4.34. The zero-order valence-corrected chi connectivity index (χ0v) is 15.7. The third-order valence-corrected chi connectivity index (χ3v) is 4.57. The largest absolute Gasteiger partial charge is 0.339 e. The van der Waals surface area contributed by atoms with E-state index in [-0.39, 0.29) is 17.2 Å². The molecule has 0 atom stereocenters. The molecule has 1 aromatic heterocycles. The van der Waals surface area contributed by atoms with E-state index in [9.17, 15) is 9.59 Å². The molecule has 0 saturated carbocycles. The zero-order valence-electron chi connectivity index (χ0n) is 15.7. The monoisotopic (exact) mass is 354 g/mol. The summed E-state index contributed by atoms with van der Waals surface area (Å²) >= 11 is 0. The van der Waals surface area contributed by atoms with E-state index in [4.69, 9.17) is 0 Å². The highest BCUT2D eigenvalue weighted by molar-refractivity contribution is 5.82. The van der Waals surface area contributed by atoms with Crippen LogP contribution in [0.15, 0.2) is 42.7 Å². The van der Waals surface area contributed by atoms with Crippen molar-refractivity contribution in [3.05, 3.63) is 48.3 Å². The van der Waals surface area contributed by atoms with Crippen LogP contribution in [0.25, 0.3) is 5.69 Å². The number of hydrogen-bond donors (Lipinski definition) is 0. The minimum atomic E-state index is -0.377. The number of aromatic nitrogens is 2. The van der Waals surface area contributed by atoms with Crippen LogP contribution < -0.4 is 0 Å². The fourth-order valence-electron chi connectivity index (χ4n) is 3.09. The third kappa shape index (κ3) is 4.12. The quantitative estimate of drug-likeness (QED) is 0.848. The molecule has 2 heterocycles. The molecule has 3 rings (SSSR count). The minimum absolute atomic E-state index is 0.0838. The van der Waals surface area contributed by atoms with Gasteiger partial charge in [0.15, 0.2) is 0 Å². The molecule has 1 aromatic carbocycles. The van der Waals surface area contributed by atoms with Gasteiger partial charge < -0.3 is 9.80 Å². The van der Waals surface area contributed by atoms with Gasteiger partial charge in [0, 0.05) is 37.8 Å². The molecule has 0 bridgehead atoms. The lowest BCUT2D eigenvalue weighted by molar-refractivity contribution is -0.144. The van der Waals surface area contributed by atoms with Gasteiger partial charge in [-0.25, -0.2) is 4.68 Å². The molecule has 6 nitrogen and oxygen atoms in total. The van der Waals surface area contributed by atoms with E-state index in [1.807, 2.05) is 67.1 Å². The van der Waals surface area contributed by atoms with E-state index in [0.29, 0.717) is 32.6 Å². The highest BCUT2D eigenvalue weighted by Crippen LogP contribution is 2.19. The Hall–Kier alpha value is -2.63. The predicted octanol–water partition coefficient (Wildman–Crippen LogP) is 2.13. The van der Waals surface area contributed by atoms with Crippen LogP contribution in [0.2, 0.25) is 0 Å². The highest BCUT2D eigenvalue weighted by atomic mass is 16.2. The van der Waals surface area contributed by atoms with Gasteiger partial charge in [-0.15, -0.1) is 0 Å². The van der Waals surface area contributed by atoms with E-state index in [0.717, 1.165) is 11.3 Å². The average molecular weight is 354 g/mol. The first-order chi connectivity index (χ1) is 12.3. The molecule has 2 aromatic rings. The molecular weight excluding hydrogens is 328 g/mol. The molecule has 1 aliphatic heterocycles. The third-order valence-electron chi connectivity index (χ3n) is 4.57. The number of para-hydroxylation sites is 1. The van der Waals surface area contributed by atoms with Gasteiger partial charge in [0.05, 0.1) is 18.3 Å². The number of benzene rings is 1. The lowest BCUT2D eigenvalue weighted by atomic mass is 9.94. The molecule has 0 spiro atoms. The Labute approximate surface area is 154 Å². The molecule has 2 amide bonds. The summed E-state index contributed by atoms with van der Waals surface area (Å²) in [6.07, 6.45) is 3.97. The molecule has 138 valence electrons. The summed E-state index contributed by atoms with van der Waals surface area (Å²) in [6, 6.07) is 9.83. The topological polar surface area (TPSA) is 58.4 Å². The lowest BCUT2D eigenvalue weighted by Crippen LogP contribution is -2.53. The smallest absolute Gasteiger partial charge is 0.228 e. The maximum atomic E-state index is 12.6. The Morgan fingerprint density at radius 1 is 1.00 bits per heavy atom.